The molecule has 0 aliphatic carbocycles. The number of amides is 1. The standard InChI is InChI=1S/C31H36N6O.2ClH/c1-20-8-12-28-24(11-13-29-30(31(38)32-4)33-19-37(28)29)23(20)14-15-35-16-17-36(18-22(35)3)27-7-5-6-26-25(27)10-9-21(2)34-26;;/h5-10,12,19,22H,11,13-18H2,1-4H3,(H,32,38);2*1H/t22-;;/m1../s1. The molecule has 2 aliphatic heterocycles. The second-order valence-electron chi connectivity index (χ2n) is 10.7. The molecule has 0 saturated carbocycles. The Morgan fingerprint density at radius 3 is 2.62 bits per heavy atom. The predicted octanol–water partition coefficient (Wildman–Crippen LogP) is 5.09. The smallest absolute Gasteiger partial charge is 0.271 e. The molecule has 2 aliphatic rings. The summed E-state index contributed by atoms with van der Waals surface area (Å²) in [6, 6.07) is 15.7. The van der Waals surface area contributed by atoms with Gasteiger partial charge in [0, 0.05) is 56.0 Å². The van der Waals surface area contributed by atoms with Crippen molar-refractivity contribution in [2.45, 2.75) is 46.1 Å². The number of imidazole rings is 1. The van der Waals surface area contributed by atoms with Gasteiger partial charge >= 0.3 is 0 Å². The fourth-order valence-corrected chi connectivity index (χ4v) is 6.34. The van der Waals surface area contributed by atoms with Gasteiger partial charge in [-0.05, 0) is 87.1 Å². The lowest BCUT2D eigenvalue weighted by Gasteiger charge is -2.41. The molecule has 2 aromatic heterocycles. The number of hydrogen-bond acceptors (Lipinski definition) is 5. The number of carbonyl (C=O) groups excluding carboxylic acids is 1. The van der Waals surface area contributed by atoms with Crippen LogP contribution in [0.1, 0.15) is 45.5 Å². The number of benzene rings is 2. The summed E-state index contributed by atoms with van der Waals surface area (Å²) in [5, 5.41) is 3.96. The number of fused-ring (bicyclic) bond motifs is 4. The average Bonchev–Trinajstić information content (AvgIpc) is 3.36. The molecule has 1 atom stereocenters. The Kier molecular flexibility index (Phi) is 9.08. The van der Waals surface area contributed by atoms with Gasteiger partial charge in [-0.25, -0.2) is 4.98 Å². The number of rotatable bonds is 5. The molecule has 4 aromatic rings. The van der Waals surface area contributed by atoms with E-state index in [1.807, 2.05) is 6.33 Å². The Morgan fingerprint density at radius 1 is 1.02 bits per heavy atom. The van der Waals surface area contributed by atoms with Crippen LogP contribution in [-0.2, 0) is 19.3 Å². The molecule has 0 radical (unpaired) electrons. The van der Waals surface area contributed by atoms with Crippen molar-refractivity contribution in [2.24, 2.45) is 0 Å². The highest BCUT2D eigenvalue weighted by Crippen LogP contribution is 2.32. The SMILES string of the molecule is CNC(=O)c1ncn2c1CCc1c-2ccc(C)c1CCN1CCN(c2cccc3nc(C)ccc23)C[C@H]1C.Cl.Cl. The first kappa shape index (κ1) is 29.8. The zero-order chi connectivity index (χ0) is 26.4. The van der Waals surface area contributed by atoms with Crippen LogP contribution in [0.3, 0.4) is 0 Å². The Hall–Kier alpha value is -3.13. The minimum atomic E-state index is -0.113. The van der Waals surface area contributed by atoms with Crippen LogP contribution in [-0.4, -0.2) is 64.6 Å². The van der Waals surface area contributed by atoms with Crippen LogP contribution in [0.2, 0.25) is 0 Å². The summed E-state index contributed by atoms with van der Waals surface area (Å²) in [6.07, 6.45) is 4.62. The van der Waals surface area contributed by atoms with Crippen molar-refractivity contribution in [3.63, 3.8) is 0 Å². The molecule has 1 N–H and O–H groups in total. The maximum Gasteiger partial charge on any atom is 0.271 e. The maximum absolute atomic E-state index is 12.3. The highest BCUT2D eigenvalue weighted by molar-refractivity contribution is 5.93. The second-order valence-corrected chi connectivity index (χ2v) is 10.7. The molecule has 4 heterocycles. The Balaban J connectivity index is 0.00000185. The van der Waals surface area contributed by atoms with Crippen molar-refractivity contribution < 1.29 is 4.79 Å². The van der Waals surface area contributed by atoms with Crippen LogP contribution in [0.4, 0.5) is 5.69 Å². The number of nitrogens with zero attached hydrogens (tertiary/aromatic N) is 5. The molecule has 1 saturated heterocycles. The third-order valence-corrected chi connectivity index (χ3v) is 8.42. The predicted molar refractivity (Wildman–Crippen MR) is 167 cm³/mol. The van der Waals surface area contributed by atoms with E-state index in [4.69, 9.17) is 4.98 Å². The van der Waals surface area contributed by atoms with E-state index >= 15 is 0 Å². The molecular formula is C31H38Cl2N6O. The van der Waals surface area contributed by atoms with Gasteiger partial charge in [0.25, 0.3) is 5.91 Å². The van der Waals surface area contributed by atoms with Gasteiger partial charge < -0.3 is 14.8 Å². The maximum atomic E-state index is 12.3. The van der Waals surface area contributed by atoms with Crippen molar-refractivity contribution in [1.82, 2.24) is 24.8 Å². The van der Waals surface area contributed by atoms with Gasteiger partial charge in [0.05, 0.1) is 16.9 Å². The number of aryl methyl sites for hydroxylation is 2. The van der Waals surface area contributed by atoms with Crippen LogP contribution in [0.5, 0.6) is 0 Å². The second kappa shape index (κ2) is 12.2. The van der Waals surface area contributed by atoms with E-state index in [1.165, 1.54) is 33.5 Å². The molecule has 0 unspecified atom stereocenters. The van der Waals surface area contributed by atoms with Crippen molar-refractivity contribution in [3.05, 3.63) is 82.6 Å². The number of piperazine rings is 1. The Morgan fingerprint density at radius 2 is 1.85 bits per heavy atom. The van der Waals surface area contributed by atoms with Crippen LogP contribution in [0, 0.1) is 13.8 Å². The molecule has 40 heavy (non-hydrogen) atoms. The lowest BCUT2D eigenvalue weighted by atomic mass is 9.90. The van der Waals surface area contributed by atoms with Gasteiger partial charge in [0.15, 0.2) is 0 Å². The summed E-state index contributed by atoms with van der Waals surface area (Å²) in [6.45, 7) is 10.8. The van der Waals surface area contributed by atoms with E-state index in [1.54, 1.807) is 7.05 Å². The Bertz CT molecular complexity index is 1530. The monoisotopic (exact) mass is 580 g/mol. The number of anilines is 1. The lowest BCUT2D eigenvalue weighted by molar-refractivity contribution is 0.0957. The fraction of sp³-hybridized carbons (Fsp3) is 0.387. The first-order chi connectivity index (χ1) is 18.4. The molecule has 212 valence electrons. The van der Waals surface area contributed by atoms with Gasteiger partial charge in [-0.2, -0.15) is 0 Å². The number of pyridine rings is 1. The van der Waals surface area contributed by atoms with E-state index in [9.17, 15) is 4.79 Å². The van der Waals surface area contributed by atoms with Crippen LogP contribution < -0.4 is 10.2 Å². The molecule has 1 fully saturated rings. The van der Waals surface area contributed by atoms with Crippen molar-refractivity contribution in [1.29, 1.82) is 0 Å². The van der Waals surface area contributed by atoms with Crippen molar-refractivity contribution in [3.8, 4) is 5.69 Å². The lowest BCUT2D eigenvalue weighted by Crippen LogP contribution is -2.52. The summed E-state index contributed by atoms with van der Waals surface area (Å²) >= 11 is 0. The van der Waals surface area contributed by atoms with Crippen molar-refractivity contribution in [2.75, 3.05) is 38.1 Å². The summed E-state index contributed by atoms with van der Waals surface area (Å²) in [7, 11) is 1.66. The van der Waals surface area contributed by atoms with E-state index in [0.29, 0.717) is 11.7 Å². The van der Waals surface area contributed by atoms with Gasteiger partial charge in [0.2, 0.25) is 0 Å². The third kappa shape index (κ3) is 5.30. The molecule has 0 bridgehead atoms. The van der Waals surface area contributed by atoms with E-state index in [0.717, 1.165) is 62.3 Å². The first-order valence-corrected chi connectivity index (χ1v) is 13.7. The normalized spacial score (nSPS) is 16.5. The number of aromatic nitrogens is 3. The fourth-order valence-electron chi connectivity index (χ4n) is 6.34. The summed E-state index contributed by atoms with van der Waals surface area (Å²) in [5.41, 5.74) is 10.4. The summed E-state index contributed by atoms with van der Waals surface area (Å²) in [5.74, 6) is -0.113. The molecule has 1 amide bonds. The Labute approximate surface area is 248 Å². The number of nitrogens with one attached hydrogen (secondary N) is 1. The molecule has 0 spiro atoms. The van der Waals surface area contributed by atoms with Crippen molar-refractivity contribution >= 4 is 47.3 Å². The quantitative estimate of drug-likeness (QED) is 0.356. The highest BCUT2D eigenvalue weighted by atomic mass is 35.5. The van der Waals surface area contributed by atoms with Gasteiger partial charge in [-0.15, -0.1) is 24.8 Å². The molecule has 6 rings (SSSR count). The average molecular weight is 582 g/mol. The van der Waals surface area contributed by atoms with Gasteiger partial charge in [0.1, 0.15) is 12.0 Å². The number of carbonyl (C=O) groups is 1. The topological polar surface area (TPSA) is 66.3 Å². The van der Waals surface area contributed by atoms with E-state index in [2.05, 4.69) is 87.9 Å². The summed E-state index contributed by atoms with van der Waals surface area (Å²) < 4.78 is 2.12. The van der Waals surface area contributed by atoms with Crippen LogP contribution in [0.25, 0.3) is 16.6 Å². The first-order valence-electron chi connectivity index (χ1n) is 13.7. The third-order valence-electron chi connectivity index (χ3n) is 8.42. The molecular weight excluding hydrogens is 543 g/mol. The summed E-state index contributed by atoms with van der Waals surface area (Å²) in [4.78, 5) is 26.6. The number of halogens is 2. The van der Waals surface area contributed by atoms with Crippen LogP contribution in [0.15, 0.2) is 48.8 Å². The zero-order valence-corrected chi connectivity index (χ0v) is 25.2. The number of hydrogen-bond donors (Lipinski definition) is 1. The van der Waals surface area contributed by atoms with Gasteiger partial charge in [-0.1, -0.05) is 12.1 Å². The molecule has 2 aromatic carbocycles. The van der Waals surface area contributed by atoms with E-state index in [-0.39, 0.29) is 30.7 Å². The van der Waals surface area contributed by atoms with Crippen LogP contribution >= 0.6 is 24.8 Å². The molecule has 9 heteroatoms. The minimum Gasteiger partial charge on any atom is -0.368 e. The van der Waals surface area contributed by atoms with E-state index < -0.39 is 0 Å². The zero-order valence-electron chi connectivity index (χ0n) is 23.6. The highest BCUT2D eigenvalue weighted by Gasteiger charge is 2.27. The van der Waals surface area contributed by atoms with Gasteiger partial charge in [-0.3, -0.25) is 14.7 Å². The molecule has 7 nitrogen and oxygen atoms in total. The minimum absolute atomic E-state index is 0. The largest absolute Gasteiger partial charge is 0.368 e.